The van der Waals surface area contributed by atoms with Gasteiger partial charge in [-0.2, -0.15) is 0 Å². The molecule has 0 saturated carbocycles. The third-order valence-corrected chi connectivity index (χ3v) is 5.43. The van der Waals surface area contributed by atoms with Crippen LogP contribution in [0, 0.1) is 11.8 Å². The van der Waals surface area contributed by atoms with Gasteiger partial charge in [-0.3, -0.25) is 9.89 Å². The summed E-state index contributed by atoms with van der Waals surface area (Å²) in [6.45, 7) is 8.40. The molecule has 2 aliphatic rings. The van der Waals surface area contributed by atoms with Gasteiger partial charge in [0.25, 0.3) is 0 Å². The normalized spacial score (nSPS) is 22.9. The van der Waals surface area contributed by atoms with Crippen molar-refractivity contribution in [1.29, 1.82) is 0 Å². The molecule has 4 nitrogen and oxygen atoms in total. The Morgan fingerprint density at radius 3 is 2.92 bits per heavy atom. The lowest BCUT2D eigenvalue weighted by atomic mass is 9.83. The number of rotatable bonds is 3. The predicted molar refractivity (Wildman–Crippen MR) is 115 cm³/mol. The molecule has 2 atom stereocenters. The fourth-order valence-electron chi connectivity index (χ4n) is 3.53. The average Bonchev–Trinajstić information content (AvgIpc) is 3.02. The van der Waals surface area contributed by atoms with Gasteiger partial charge in [-0.05, 0) is 55.1 Å². The lowest BCUT2D eigenvalue weighted by Gasteiger charge is -2.31. The first kappa shape index (κ1) is 19.2. The predicted octanol–water partition coefficient (Wildman–Crippen LogP) is 4.68. The number of benzene rings is 1. The third kappa shape index (κ3) is 4.77. The smallest absolute Gasteiger partial charge is 0.200 e. The highest BCUT2D eigenvalue weighted by Gasteiger charge is 2.26. The molecule has 1 heterocycles. The molecule has 0 radical (unpaired) electrons. The van der Waals surface area contributed by atoms with Crippen LogP contribution in [0.15, 0.2) is 40.9 Å². The van der Waals surface area contributed by atoms with E-state index in [0.29, 0.717) is 28.0 Å². The zero-order valence-electron chi connectivity index (χ0n) is 15.6. The van der Waals surface area contributed by atoms with E-state index >= 15 is 0 Å². The van der Waals surface area contributed by atoms with Crippen molar-refractivity contribution >= 4 is 40.6 Å². The van der Waals surface area contributed by atoms with E-state index in [2.05, 4.69) is 42.5 Å². The number of nitrogens with one attached hydrogen (secondary N) is 2. The molecule has 0 amide bonds. The molecule has 26 heavy (non-hydrogen) atoms. The van der Waals surface area contributed by atoms with Crippen molar-refractivity contribution in [1.82, 2.24) is 10.2 Å². The number of anilines is 1. The van der Waals surface area contributed by atoms with E-state index in [-0.39, 0.29) is 0 Å². The molecule has 6 heteroatoms. The second-order valence-electron chi connectivity index (χ2n) is 7.49. The molecule has 2 N–H and O–H groups in total. The van der Waals surface area contributed by atoms with E-state index in [4.69, 9.17) is 23.8 Å². The Balaban J connectivity index is 1.66. The van der Waals surface area contributed by atoms with Crippen LogP contribution in [0.25, 0.3) is 0 Å². The van der Waals surface area contributed by atoms with Crippen molar-refractivity contribution in [2.75, 3.05) is 18.4 Å². The van der Waals surface area contributed by atoms with Gasteiger partial charge < -0.3 is 10.6 Å². The molecule has 0 bridgehead atoms. The molecule has 140 valence electrons. The summed E-state index contributed by atoms with van der Waals surface area (Å²) >= 11 is 11.7. The van der Waals surface area contributed by atoms with Crippen LogP contribution < -0.4 is 10.6 Å². The van der Waals surface area contributed by atoms with Gasteiger partial charge in [0.05, 0.1) is 6.54 Å². The largest absolute Gasteiger partial charge is 0.350 e. The lowest BCUT2D eigenvalue weighted by molar-refractivity contribution is 0.426. The van der Waals surface area contributed by atoms with Gasteiger partial charge in [0.2, 0.25) is 5.96 Å². The molecule has 1 aliphatic carbocycles. The van der Waals surface area contributed by atoms with Crippen LogP contribution >= 0.6 is 23.8 Å². The van der Waals surface area contributed by atoms with E-state index in [9.17, 15) is 0 Å². The number of guanidine groups is 1. The molecule has 0 spiro atoms. The second kappa shape index (κ2) is 8.40. The number of aliphatic imine (C=N–C) groups is 1. The summed E-state index contributed by atoms with van der Waals surface area (Å²) in [5.41, 5.74) is 2.42. The van der Waals surface area contributed by atoms with Crippen LogP contribution in [0.5, 0.6) is 0 Å². The molecule has 0 fully saturated rings. The Morgan fingerprint density at radius 2 is 2.19 bits per heavy atom. The quantitative estimate of drug-likeness (QED) is 0.580. The summed E-state index contributed by atoms with van der Waals surface area (Å²) in [6.07, 6.45) is 4.70. The van der Waals surface area contributed by atoms with E-state index in [1.807, 2.05) is 29.2 Å². The van der Waals surface area contributed by atoms with Gasteiger partial charge in [-0.15, -0.1) is 0 Å². The fourth-order valence-corrected chi connectivity index (χ4v) is 4.02. The Bertz CT molecular complexity index is 728. The third-order valence-electron chi connectivity index (χ3n) is 4.87. The highest BCUT2D eigenvalue weighted by atomic mass is 35.5. The first-order chi connectivity index (χ1) is 12.4. The number of nitrogens with zero attached hydrogens (tertiary/aromatic N) is 2. The number of hydrogen-bond donors (Lipinski definition) is 2. The van der Waals surface area contributed by atoms with Crippen molar-refractivity contribution in [2.24, 2.45) is 16.8 Å². The molecule has 2 unspecified atom stereocenters. The first-order valence-electron chi connectivity index (χ1n) is 9.28. The summed E-state index contributed by atoms with van der Waals surface area (Å²) in [5.74, 6) is 2.14. The zero-order chi connectivity index (χ0) is 18.7. The number of hydrogen-bond acceptors (Lipinski definition) is 3. The molecule has 0 aromatic heterocycles. The van der Waals surface area contributed by atoms with Gasteiger partial charge in [-0.1, -0.05) is 50.1 Å². The maximum Gasteiger partial charge on any atom is 0.200 e. The molecular weight excluding hydrogens is 364 g/mol. The van der Waals surface area contributed by atoms with E-state index in [1.165, 1.54) is 12.0 Å². The minimum atomic E-state index is 0.310. The molecule has 1 aromatic carbocycles. The van der Waals surface area contributed by atoms with Crippen LogP contribution in [-0.2, 0) is 0 Å². The van der Waals surface area contributed by atoms with Crippen molar-refractivity contribution in [3.05, 3.63) is 40.9 Å². The van der Waals surface area contributed by atoms with Crippen molar-refractivity contribution in [3.63, 3.8) is 0 Å². The summed E-state index contributed by atoms with van der Waals surface area (Å²) in [6, 6.07) is 7.90. The molecular formula is C20H27ClN4S. The van der Waals surface area contributed by atoms with E-state index in [1.54, 1.807) is 0 Å². The Hall–Kier alpha value is -1.59. The monoisotopic (exact) mass is 390 g/mol. The highest BCUT2D eigenvalue weighted by molar-refractivity contribution is 7.80. The van der Waals surface area contributed by atoms with Crippen LogP contribution in [-0.4, -0.2) is 35.1 Å². The van der Waals surface area contributed by atoms with Gasteiger partial charge in [0, 0.05) is 23.3 Å². The molecule has 1 aliphatic heterocycles. The number of halogens is 1. The Labute approximate surface area is 166 Å². The van der Waals surface area contributed by atoms with E-state index in [0.717, 1.165) is 31.2 Å². The topological polar surface area (TPSA) is 39.7 Å². The second-order valence-corrected chi connectivity index (χ2v) is 8.31. The van der Waals surface area contributed by atoms with Crippen molar-refractivity contribution in [2.45, 2.75) is 39.7 Å². The maximum atomic E-state index is 6.06. The summed E-state index contributed by atoms with van der Waals surface area (Å²) in [7, 11) is 0. The fraction of sp³-hybridized carbons (Fsp3) is 0.500. The van der Waals surface area contributed by atoms with Crippen LogP contribution in [0.3, 0.4) is 0 Å². The van der Waals surface area contributed by atoms with E-state index < -0.39 is 0 Å². The number of thiocarbonyl (C=S) groups is 1. The Morgan fingerprint density at radius 1 is 1.38 bits per heavy atom. The van der Waals surface area contributed by atoms with Gasteiger partial charge in [-0.25, -0.2) is 0 Å². The average molecular weight is 391 g/mol. The van der Waals surface area contributed by atoms with Gasteiger partial charge in [0.1, 0.15) is 0 Å². The summed E-state index contributed by atoms with van der Waals surface area (Å²) in [4.78, 5) is 6.68. The van der Waals surface area contributed by atoms with Gasteiger partial charge >= 0.3 is 0 Å². The summed E-state index contributed by atoms with van der Waals surface area (Å²) < 4.78 is 0. The Kier molecular flexibility index (Phi) is 6.20. The molecule has 3 rings (SSSR count). The van der Waals surface area contributed by atoms with Crippen molar-refractivity contribution in [3.8, 4) is 0 Å². The zero-order valence-corrected chi connectivity index (χ0v) is 17.2. The first-order valence-corrected chi connectivity index (χ1v) is 10.1. The van der Waals surface area contributed by atoms with Crippen molar-refractivity contribution < 1.29 is 0 Å². The SMILES string of the molecule is CC1CC(C(C)C)=CC(NC2=NCCN2C(=S)Nc2cccc(Cl)c2)C1. The minimum Gasteiger partial charge on any atom is -0.350 e. The number of allylic oxidation sites excluding steroid dienone is 1. The van der Waals surface area contributed by atoms with Crippen LogP contribution in [0.4, 0.5) is 5.69 Å². The molecule has 0 saturated heterocycles. The maximum absolute atomic E-state index is 6.06. The molecule has 1 aromatic rings. The summed E-state index contributed by atoms with van der Waals surface area (Å²) in [5, 5.41) is 8.21. The lowest BCUT2D eigenvalue weighted by Crippen LogP contribution is -2.48. The minimum absolute atomic E-state index is 0.310. The standard InChI is InChI=1S/C20H27ClN4S/c1-13(2)15-9-14(3)10-18(11-15)23-19-22-7-8-25(19)20(26)24-17-6-4-5-16(21)12-17/h4-6,11-14,18H,7-10H2,1-3H3,(H,22,23)(H,24,26). The van der Waals surface area contributed by atoms with Gasteiger partial charge in [0.15, 0.2) is 5.11 Å². The van der Waals surface area contributed by atoms with Crippen LogP contribution in [0.1, 0.15) is 33.6 Å². The highest BCUT2D eigenvalue weighted by Crippen LogP contribution is 2.28. The van der Waals surface area contributed by atoms with Crippen LogP contribution in [0.2, 0.25) is 5.02 Å².